The molecule has 1 aliphatic rings. The number of piperidine rings is 1. The summed E-state index contributed by atoms with van der Waals surface area (Å²) >= 11 is 7.44. The zero-order chi connectivity index (χ0) is 15.0. The van der Waals surface area contributed by atoms with Gasteiger partial charge in [0.2, 0.25) is 10.0 Å². The molecule has 2 aromatic rings. The van der Waals surface area contributed by atoms with E-state index < -0.39 is 10.0 Å². The van der Waals surface area contributed by atoms with Crippen molar-refractivity contribution in [3.05, 3.63) is 28.6 Å². The minimum atomic E-state index is -3.45. The summed E-state index contributed by atoms with van der Waals surface area (Å²) in [5.74, 6) is 0.435. The predicted molar refractivity (Wildman–Crippen MR) is 94.6 cm³/mol. The molecule has 122 valence electrons. The van der Waals surface area contributed by atoms with Gasteiger partial charge in [-0.05, 0) is 43.5 Å². The molecule has 0 amide bonds. The van der Waals surface area contributed by atoms with E-state index in [1.54, 1.807) is 21.8 Å². The quantitative estimate of drug-likeness (QED) is 0.887. The number of thiophene rings is 1. The maximum Gasteiger partial charge on any atom is 0.244 e. The molecule has 0 unspecified atom stereocenters. The second-order valence-corrected chi connectivity index (χ2v) is 8.58. The summed E-state index contributed by atoms with van der Waals surface area (Å²) in [5.41, 5.74) is 5.66. The third-order valence-electron chi connectivity index (χ3n) is 4.02. The van der Waals surface area contributed by atoms with E-state index in [9.17, 15) is 8.42 Å². The van der Waals surface area contributed by atoms with Crippen LogP contribution in [0.25, 0.3) is 10.1 Å². The number of fused-ring (bicyclic) bond motifs is 1. The average Bonchev–Trinajstić information content (AvgIpc) is 2.91. The van der Waals surface area contributed by atoms with E-state index in [-0.39, 0.29) is 12.4 Å². The lowest BCUT2D eigenvalue weighted by atomic mass is 9.99. The number of rotatable bonds is 3. The molecule has 0 aliphatic carbocycles. The van der Waals surface area contributed by atoms with Crippen LogP contribution in [0.4, 0.5) is 0 Å². The molecule has 0 saturated carbocycles. The van der Waals surface area contributed by atoms with Crippen molar-refractivity contribution in [2.75, 3.05) is 19.6 Å². The van der Waals surface area contributed by atoms with Crippen LogP contribution in [0.15, 0.2) is 28.5 Å². The zero-order valence-electron chi connectivity index (χ0n) is 11.9. The number of nitrogens with zero attached hydrogens (tertiary/aromatic N) is 1. The monoisotopic (exact) mass is 380 g/mol. The highest BCUT2D eigenvalue weighted by molar-refractivity contribution is 7.89. The lowest BCUT2D eigenvalue weighted by Crippen LogP contribution is -2.39. The smallest absolute Gasteiger partial charge is 0.244 e. The third kappa shape index (κ3) is 3.27. The van der Waals surface area contributed by atoms with Gasteiger partial charge in [-0.15, -0.1) is 23.7 Å². The van der Waals surface area contributed by atoms with Gasteiger partial charge in [0.05, 0.1) is 0 Å². The standard InChI is InChI=1S/C14H17ClN2O2S2.ClH/c15-11-1-2-13-12(7-11)14(9-20-13)21(18,19)17-5-3-10(8-16)4-6-17;/h1-2,7,9-10H,3-6,8,16H2;1H. The largest absolute Gasteiger partial charge is 0.330 e. The lowest BCUT2D eigenvalue weighted by molar-refractivity contribution is 0.278. The fourth-order valence-electron chi connectivity index (χ4n) is 2.70. The van der Waals surface area contributed by atoms with Gasteiger partial charge in [0.25, 0.3) is 0 Å². The first-order valence-electron chi connectivity index (χ1n) is 6.89. The average molecular weight is 381 g/mol. The van der Waals surface area contributed by atoms with Gasteiger partial charge in [-0.3, -0.25) is 0 Å². The van der Waals surface area contributed by atoms with E-state index in [0.29, 0.717) is 40.9 Å². The number of sulfonamides is 1. The van der Waals surface area contributed by atoms with Crippen LogP contribution in [-0.4, -0.2) is 32.4 Å². The van der Waals surface area contributed by atoms with E-state index >= 15 is 0 Å². The molecule has 1 aromatic heterocycles. The van der Waals surface area contributed by atoms with Crippen molar-refractivity contribution in [2.24, 2.45) is 11.7 Å². The molecule has 0 atom stereocenters. The highest BCUT2D eigenvalue weighted by Crippen LogP contribution is 2.34. The Balaban J connectivity index is 0.00000176. The summed E-state index contributed by atoms with van der Waals surface area (Å²) in [4.78, 5) is 0.371. The first-order valence-corrected chi connectivity index (χ1v) is 9.59. The SMILES string of the molecule is Cl.NCC1CCN(S(=O)(=O)c2csc3ccc(Cl)cc23)CC1. The van der Waals surface area contributed by atoms with Gasteiger partial charge in [-0.2, -0.15) is 4.31 Å². The number of benzene rings is 1. The van der Waals surface area contributed by atoms with Gasteiger partial charge < -0.3 is 5.73 Å². The van der Waals surface area contributed by atoms with E-state index in [1.807, 2.05) is 6.07 Å². The van der Waals surface area contributed by atoms with Crippen molar-refractivity contribution in [1.29, 1.82) is 0 Å². The van der Waals surface area contributed by atoms with Gasteiger partial charge >= 0.3 is 0 Å². The second kappa shape index (κ2) is 7.03. The van der Waals surface area contributed by atoms with Crippen molar-refractivity contribution in [2.45, 2.75) is 17.7 Å². The highest BCUT2D eigenvalue weighted by atomic mass is 35.5. The second-order valence-electron chi connectivity index (χ2n) is 5.32. The van der Waals surface area contributed by atoms with Crippen LogP contribution in [0, 0.1) is 5.92 Å². The normalized spacial score (nSPS) is 17.5. The molecule has 1 aliphatic heterocycles. The molecule has 1 aromatic carbocycles. The molecule has 2 heterocycles. The van der Waals surface area contributed by atoms with Gasteiger partial charge in [0.15, 0.2) is 0 Å². The molecule has 8 heteroatoms. The predicted octanol–water partition coefficient (Wildman–Crippen LogP) is 3.34. The molecule has 3 rings (SSSR count). The number of hydrogen-bond acceptors (Lipinski definition) is 4. The number of nitrogens with two attached hydrogens (primary N) is 1. The van der Waals surface area contributed by atoms with Crippen LogP contribution in [-0.2, 0) is 10.0 Å². The van der Waals surface area contributed by atoms with Crippen LogP contribution in [0.1, 0.15) is 12.8 Å². The molecule has 0 radical (unpaired) electrons. The first kappa shape index (κ1) is 18.0. The molecule has 4 nitrogen and oxygen atoms in total. The fourth-order valence-corrected chi connectivity index (χ4v) is 5.79. The van der Waals surface area contributed by atoms with Crippen molar-refractivity contribution < 1.29 is 8.42 Å². The van der Waals surface area contributed by atoms with E-state index in [0.717, 1.165) is 17.5 Å². The summed E-state index contributed by atoms with van der Waals surface area (Å²) in [7, 11) is -3.45. The Hall–Kier alpha value is -0.370. The minimum Gasteiger partial charge on any atom is -0.330 e. The Kier molecular flexibility index (Phi) is 5.74. The first-order chi connectivity index (χ1) is 10.0. The molecule has 2 N–H and O–H groups in total. The minimum absolute atomic E-state index is 0. The fraction of sp³-hybridized carbons (Fsp3) is 0.429. The van der Waals surface area contributed by atoms with Crippen LogP contribution < -0.4 is 5.73 Å². The Morgan fingerprint density at radius 2 is 2.00 bits per heavy atom. The molecule has 1 saturated heterocycles. The lowest BCUT2D eigenvalue weighted by Gasteiger charge is -2.30. The Bertz CT molecular complexity index is 753. The van der Waals surface area contributed by atoms with Crippen LogP contribution in [0.5, 0.6) is 0 Å². The summed E-state index contributed by atoms with van der Waals surface area (Å²) in [6, 6.07) is 5.37. The zero-order valence-corrected chi connectivity index (χ0v) is 15.1. The van der Waals surface area contributed by atoms with Crippen molar-refractivity contribution >= 4 is 55.5 Å². The van der Waals surface area contributed by atoms with E-state index in [4.69, 9.17) is 17.3 Å². The highest BCUT2D eigenvalue weighted by Gasteiger charge is 2.30. The molecular weight excluding hydrogens is 363 g/mol. The van der Waals surface area contributed by atoms with Crippen LogP contribution in [0.2, 0.25) is 5.02 Å². The van der Waals surface area contributed by atoms with Crippen LogP contribution in [0.3, 0.4) is 0 Å². The Labute approximate surface area is 145 Å². The van der Waals surface area contributed by atoms with E-state index in [2.05, 4.69) is 0 Å². The Morgan fingerprint density at radius 3 is 2.64 bits per heavy atom. The van der Waals surface area contributed by atoms with E-state index in [1.165, 1.54) is 11.3 Å². The maximum absolute atomic E-state index is 12.8. The van der Waals surface area contributed by atoms with Gasteiger partial charge in [-0.25, -0.2) is 8.42 Å². The van der Waals surface area contributed by atoms with Crippen LogP contribution >= 0.6 is 35.3 Å². The summed E-state index contributed by atoms with van der Waals surface area (Å²) in [6.45, 7) is 1.72. The molecule has 0 spiro atoms. The molecule has 1 fully saturated rings. The Morgan fingerprint density at radius 1 is 1.32 bits per heavy atom. The van der Waals surface area contributed by atoms with Gasteiger partial charge in [0.1, 0.15) is 4.90 Å². The van der Waals surface area contributed by atoms with Gasteiger partial charge in [-0.1, -0.05) is 11.6 Å². The summed E-state index contributed by atoms with van der Waals surface area (Å²) in [6.07, 6.45) is 1.66. The molecular formula is C14H18Cl2N2O2S2. The summed E-state index contributed by atoms with van der Waals surface area (Å²) in [5, 5.41) is 2.98. The number of hydrogen-bond donors (Lipinski definition) is 1. The number of halogens is 2. The van der Waals surface area contributed by atoms with Crippen molar-refractivity contribution in [3.63, 3.8) is 0 Å². The van der Waals surface area contributed by atoms with Gasteiger partial charge in [0, 0.05) is 33.6 Å². The maximum atomic E-state index is 12.8. The third-order valence-corrected chi connectivity index (χ3v) is 7.31. The molecule has 0 bridgehead atoms. The van der Waals surface area contributed by atoms with Crippen molar-refractivity contribution in [1.82, 2.24) is 4.31 Å². The summed E-state index contributed by atoms with van der Waals surface area (Å²) < 4.78 is 28.2. The topological polar surface area (TPSA) is 63.4 Å². The molecule has 22 heavy (non-hydrogen) atoms. The van der Waals surface area contributed by atoms with Crippen molar-refractivity contribution in [3.8, 4) is 0 Å².